The van der Waals surface area contributed by atoms with Gasteiger partial charge in [0.2, 0.25) is 5.91 Å². The maximum atomic E-state index is 13.1. The SMILES string of the molecule is CCCCN(CC1CCCN2CCCC[C@H]12)C(=O)Cc1ccc(OC)cc1. The van der Waals surface area contributed by atoms with Gasteiger partial charge in [-0.1, -0.05) is 31.9 Å². The molecule has 2 aliphatic rings. The van der Waals surface area contributed by atoms with Gasteiger partial charge in [-0.25, -0.2) is 0 Å². The standard InChI is InChI=1S/C23H36N2O2/c1-3-4-14-25(23(26)17-19-10-12-21(27-2)13-11-19)18-20-8-7-16-24-15-6-5-9-22(20)24/h10-13,20,22H,3-9,14-18H2,1-2H3/t20?,22-/m1/s1. The Kier molecular flexibility index (Phi) is 7.57. The van der Waals surface area contributed by atoms with Crippen molar-refractivity contribution in [2.24, 2.45) is 5.92 Å². The van der Waals surface area contributed by atoms with Crippen LogP contribution in [-0.2, 0) is 11.2 Å². The Labute approximate surface area is 164 Å². The number of hydrogen-bond donors (Lipinski definition) is 0. The first-order chi connectivity index (χ1) is 13.2. The number of methoxy groups -OCH3 is 1. The fourth-order valence-electron chi connectivity index (χ4n) is 4.77. The highest BCUT2D eigenvalue weighted by molar-refractivity contribution is 5.78. The van der Waals surface area contributed by atoms with Crippen molar-refractivity contribution in [1.29, 1.82) is 0 Å². The Morgan fingerprint density at radius 1 is 1.15 bits per heavy atom. The lowest BCUT2D eigenvalue weighted by Crippen LogP contribution is -2.52. The zero-order valence-corrected chi connectivity index (χ0v) is 17.2. The summed E-state index contributed by atoms with van der Waals surface area (Å²) in [7, 11) is 1.67. The maximum absolute atomic E-state index is 13.1. The number of benzene rings is 1. The molecule has 2 fully saturated rings. The smallest absolute Gasteiger partial charge is 0.226 e. The fraction of sp³-hybridized carbons (Fsp3) is 0.696. The Bertz CT molecular complexity index is 585. The third-order valence-corrected chi connectivity index (χ3v) is 6.33. The highest BCUT2D eigenvalue weighted by Gasteiger charge is 2.34. The Morgan fingerprint density at radius 3 is 2.67 bits per heavy atom. The van der Waals surface area contributed by atoms with E-state index in [4.69, 9.17) is 4.74 Å². The molecule has 0 aliphatic carbocycles. The molecular formula is C23H36N2O2. The summed E-state index contributed by atoms with van der Waals surface area (Å²) in [5.74, 6) is 1.77. The average Bonchev–Trinajstić information content (AvgIpc) is 2.71. The number of amides is 1. The summed E-state index contributed by atoms with van der Waals surface area (Å²) in [6.07, 6.45) is 9.30. The zero-order chi connectivity index (χ0) is 19.1. The molecule has 2 aliphatic heterocycles. The molecule has 0 bridgehead atoms. The van der Waals surface area contributed by atoms with Gasteiger partial charge >= 0.3 is 0 Å². The molecule has 2 heterocycles. The highest BCUT2D eigenvalue weighted by Crippen LogP contribution is 2.31. The third-order valence-electron chi connectivity index (χ3n) is 6.33. The predicted molar refractivity (Wildman–Crippen MR) is 110 cm³/mol. The van der Waals surface area contributed by atoms with Crippen LogP contribution in [0.25, 0.3) is 0 Å². The maximum Gasteiger partial charge on any atom is 0.226 e. The Morgan fingerprint density at radius 2 is 1.93 bits per heavy atom. The van der Waals surface area contributed by atoms with Crippen LogP contribution in [-0.4, -0.2) is 55.0 Å². The van der Waals surface area contributed by atoms with Crippen molar-refractivity contribution in [3.63, 3.8) is 0 Å². The molecule has 0 spiro atoms. The van der Waals surface area contributed by atoms with E-state index in [1.807, 2.05) is 24.3 Å². The second-order valence-corrected chi connectivity index (χ2v) is 8.22. The summed E-state index contributed by atoms with van der Waals surface area (Å²) in [5.41, 5.74) is 1.07. The van der Waals surface area contributed by atoms with Crippen LogP contribution in [0.2, 0.25) is 0 Å². The van der Waals surface area contributed by atoms with E-state index >= 15 is 0 Å². The van der Waals surface area contributed by atoms with Gasteiger partial charge in [0, 0.05) is 19.1 Å². The summed E-state index contributed by atoms with van der Waals surface area (Å²) < 4.78 is 5.23. The van der Waals surface area contributed by atoms with Crippen LogP contribution in [0.5, 0.6) is 5.75 Å². The third kappa shape index (κ3) is 5.47. The summed E-state index contributed by atoms with van der Waals surface area (Å²) >= 11 is 0. The van der Waals surface area contributed by atoms with E-state index in [9.17, 15) is 4.79 Å². The van der Waals surface area contributed by atoms with Crippen LogP contribution >= 0.6 is 0 Å². The quantitative estimate of drug-likeness (QED) is 0.688. The molecule has 4 nitrogen and oxygen atoms in total. The number of piperidine rings is 2. The van der Waals surface area contributed by atoms with Crippen LogP contribution < -0.4 is 4.74 Å². The summed E-state index contributed by atoms with van der Waals surface area (Å²) in [5, 5.41) is 0. The number of rotatable bonds is 8. The molecule has 1 amide bonds. The monoisotopic (exact) mass is 372 g/mol. The van der Waals surface area contributed by atoms with E-state index in [1.54, 1.807) is 7.11 Å². The number of carbonyl (C=O) groups is 1. The van der Waals surface area contributed by atoms with E-state index < -0.39 is 0 Å². The van der Waals surface area contributed by atoms with Crippen LogP contribution in [0.1, 0.15) is 57.4 Å². The molecule has 1 aromatic rings. The Balaban J connectivity index is 1.63. The molecule has 2 atom stereocenters. The fourth-order valence-corrected chi connectivity index (χ4v) is 4.77. The molecule has 2 saturated heterocycles. The van der Waals surface area contributed by atoms with Crippen molar-refractivity contribution in [2.75, 3.05) is 33.3 Å². The predicted octanol–water partition coefficient (Wildman–Crippen LogP) is 4.13. The van der Waals surface area contributed by atoms with Crippen LogP contribution in [0.4, 0.5) is 0 Å². The van der Waals surface area contributed by atoms with Gasteiger partial charge in [0.25, 0.3) is 0 Å². The first kappa shape index (κ1) is 20.2. The van der Waals surface area contributed by atoms with Crippen molar-refractivity contribution in [2.45, 2.75) is 64.3 Å². The first-order valence-electron chi connectivity index (χ1n) is 10.9. The molecule has 3 rings (SSSR count). The normalized spacial score (nSPS) is 22.9. The Hall–Kier alpha value is -1.55. The lowest BCUT2D eigenvalue weighted by Gasteiger charge is -2.45. The minimum Gasteiger partial charge on any atom is -0.497 e. The number of unbranched alkanes of at least 4 members (excludes halogenated alkanes) is 1. The largest absolute Gasteiger partial charge is 0.497 e. The lowest BCUT2D eigenvalue weighted by molar-refractivity contribution is -0.132. The molecule has 27 heavy (non-hydrogen) atoms. The van der Waals surface area contributed by atoms with Crippen molar-refractivity contribution in [3.05, 3.63) is 29.8 Å². The minimum atomic E-state index is 0.279. The van der Waals surface area contributed by atoms with Gasteiger partial charge in [0.15, 0.2) is 0 Å². The minimum absolute atomic E-state index is 0.279. The van der Waals surface area contributed by atoms with Crippen LogP contribution in [0, 0.1) is 5.92 Å². The van der Waals surface area contributed by atoms with E-state index in [-0.39, 0.29) is 5.91 Å². The average molecular weight is 373 g/mol. The van der Waals surface area contributed by atoms with Crippen LogP contribution in [0.15, 0.2) is 24.3 Å². The van der Waals surface area contributed by atoms with Crippen LogP contribution in [0.3, 0.4) is 0 Å². The number of nitrogens with zero attached hydrogens (tertiary/aromatic N) is 2. The molecule has 0 aromatic heterocycles. The van der Waals surface area contributed by atoms with E-state index in [2.05, 4.69) is 16.7 Å². The van der Waals surface area contributed by atoms with E-state index in [0.29, 0.717) is 18.4 Å². The zero-order valence-electron chi connectivity index (χ0n) is 17.2. The lowest BCUT2D eigenvalue weighted by atomic mass is 9.83. The topological polar surface area (TPSA) is 32.8 Å². The number of carbonyl (C=O) groups excluding carboxylic acids is 1. The van der Waals surface area contributed by atoms with Crippen molar-refractivity contribution in [1.82, 2.24) is 9.80 Å². The summed E-state index contributed by atoms with van der Waals surface area (Å²) in [4.78, 5) is 17.9. The molecule has 150 valence electrons. The van der Waals surface area contributed by atoms with Crippen molar-refractivity contribution in [3.8, 4) is 5.75 Å². The molecule has 0 saturated carbocycles. The molecular weight excluding hydrogens is 336 g/mol. The van der Waals surface area contributed by atoms with Gasteiger partial charge in [-0.15, -0.1) is 0 Å². The number of hydrogen-bond acceptors (Lipinski definition) is 3. The van der Waals surface area contributed by atoms with Gasteiger partial charge in [-0.05, 0) is 68.8 Å². The van der Waals surface area contributed by atoms with E-state index in [1.165, 1.54) is 45.2 Å². The first-order valence-corrected chi connectivity index (χ1v) is 10.9. The number of fused-ring (bicyclic) bond motifs is 1. The van der Waals surface area contributed by atoms with Gasteiger partial charge < -0.3 is 14.5 Å². The second kappa shape index (κ2) is 10.1. The van der Waals surface area contributed by atoms with Gasteiger partial charge in [-0.2, -0.15) is 0 Å². The molecule has 4 heteroatoms. The summed E-state index contributed by atoms with van der Waals surface area (Å²) in [6.45, 7) is 6.56. The molecule has 0 N–H and O–H groups in total. The molecule has 1 unspecified atom stereocenters. The molecule has 1 aromatic carbocycles. The van der Waals surface area contributed by atoms with Crippen molar-refractivity contribution >= 4 is 5.91 Å². The molecule has 0 radical (unpaired) electrons. The van der Waals surface area contributed by atoms with E-state index in [0.717, 1.165) is 37.2 Å². The van der Waals surface area contributed by atoms with Gasteiger partial charge in [-0.3, -0.25) is 4.79 Å². The number of ether oxygens (including phenoxy) is 1. The summed E-state index contributed by atoms with van der Waals surface area (Å²) in [6, 6.07) is 8.61. The van der Waals surface area contributed by atoms with Gasteiger partial charge in [0.05, 0.1) is 13.5 Å². The van der Waals surface area contributed by atoms with Gasteiger partial charge in [0.1, 0.15) is 5.75 Å². The second-order valence-electron chi connectivity index (χ2n) is 8.22. The highest BCUT2D eigenvalue weighted by atomic mass is 16.5. The van der Waals surface area contributed by atoms with Crippen molar-refractivity contribution < 1.29 is 9.53 Å².